The van der Waals surface area contributed by atoms with Gasteiger partial charge in [-0.1, -0.05) is 36.4 Å². The van der Waals surface area contributed by atoms with Gasteiger partial charge < -0.3 is 5.32 Å². The third-order valence-electron chi connectivity index (χ3n) is 5.35. The van der Waals surface area contributed by atoms with Crippen molar-refractivity contribution in [2.75, 3.05) is 24.2 Å². The molecule has 1 atom stereocenters. The van der Waals surface area contributed by atoms with E-state index < -0.39 is 10.0 Å². The molecule has 0 aliphatic carbocycles. The Kier molecular flexibility index (Phi) is 7.09. The van der Waals surface area contributed by atoms with E-state index >= 15 is 0 Å². The highest BCUT2D eigenvalue weighted by Gasteiger charge is 2.32. The Morgan fingerprint density at radius 1 is 1.10 bits per heavy atom. The summed E-state index contributed by atoms with van der Waals surface area (Å²) in [5.74, 6) is -0.291. The largest absolute Gasteiger partial charge is 0.326 e. The summed E-state index contributed by atoms with van der Waals surface area (Å²) in [5, 5.41) is 2.97. The zero-order valence-electron chi connectivity index (χ0n) is 17.2. The van der Waals surface area contributed by atoms with E-state index in [4.69, 9.17) is 0 Å². The lowest BCUT2D eigenvalue weighted by Gasteiger charge is -2.31. The lowest BCUT2D eigenvalue weighted by molar-refractivity contribution is -0.120. The molecule has 1 aliphatic rings. The van der Waals surface area contributed by atoms with Crippen LogP contribution in [0.2, 0.25) is 0 Å². The first-order chi connectivity index (χ1) is 13.8. The van der Waals surface area contributed by atoms with Gasteiger partial charge in [0.2, 0.25) is 15.9 Å². The van der Waals surface area contributed by atoms with Crippen LogP contribution in [0.3, 0.4) is 0 Å². The second-order valence-electron chi connectivity index (χ2n) is 7.97. The van der Waals surface area contributed by atoms with Crippen molar-refractivity contribution >= 4 is 21.6 Å². The number of nitrogens with one attached hydrogen (secondary N) is 1. The molecule has 156 valence electrons. The van der Waals surface area contributed by atoms with Crippen LogP contribution in [0.15, 0.2) is 48.5 Å². The minimum absolute atomic E-state index is 0.0980. The number of nitrogens with zero attached hydrogens (tertiary/aromatic N) is 1. The van der Waals surface area contributed by atoms with E-state index in [0.717, 1.165) is 28.8 Å². The fourth-order valence-electron chi connectivity index (χ4n) is 3.93. The Morgan fingerprint density at radius 3 is 2.48 bits per heavy atom. The Labute approximate surface area is 174 Å². The highest BCUT2D eigenvalue weighted by atomic mass is 32.2. The molecule has 1 aliphatic heterocycles. The molecule has 6 heteroatoms. The van der Waals surface area contributed by atoms with Crippen LogP contribution in [0.4, 0.5) is 5.69 Å². The zero-order valence-corrected chi connectivity index (χ0v) is 18.0. The smallest absolute Gasteiger partial charge is 0.228 e. The molecule has 0 aromatic heterocycles. The Bertz CT molecular complexity index is 922. The third kappa shape index (κ3) is 6.15. The summed E-state index contributed by atoms with van der Waals surface area (Å²) in [6.45, 7) is 4.76. The van der Waals surface area contributed by atoms with Gasteiger partial charge in [0.25, 0.3) is 0 Å². The first-order valence-corrected chi connectivity index (χ1v) is 11.9. The summed E-state index contributed by atoms with van der Waals surface area (Å²) in [6, 6.07) is 15.8. The molecule has 1 saturated heterocycles. The molecule has 2 aromatic carbocycles. The summed E-state index contributed by atoms with van der Waals surface area (Å²) in [7, 11) is -3.35. The first kappa shape index (κ1) is 21.5. The second kappa shape index (κ2) is 9.55. The Balaban J connectivity index is 1.56. The minimum Gasteiger partial charge on any atom is -0.326 e. The van der Waals surface area contributed by atoms with Crippen LogP contribution in [0, 0.1) is 19.8 Å². The van der Waals surface area contributed by atoms with Crippen molar-refractivity contribution in [2.24, 2.45) is 5.92 Å². The van der Waals surface area contributed by atoms with Crippen LogP contribution < -0.4 is 5.32 Å². The maximum absolute atomic E-state index is 12.8. The normalized spacial score (nSPS) is 17.8. The third-order valence-corrected chi connectivity index (χ3v) is 7.27. The van der Waals surface area contributed by atoms with E-state index in [1.165, 1.54) is 4.31 Å². The number of hydrogen-bond donors (Lipinski definition) is 1. The van der Waals surface area contributed by atoms with E-state index in [2.05, 4.69) is 11.4 Å². The van der Waals surface area contributed by atoms with E-state index in [0.29, 0.717) is 25.8 Å². The summed E-state index contributed by atoms with van der Waals surface area (Å²) >= 11 is 0. The number of carbonyl (C=O) groups excluding carboxylic acids is 1. The minimum atomic E-state index is -3.35. The SMILES string of the molecule is Cc1cc(C)cc(NC(=O)C2CCCN(S(=O)(=O)CCCc3ccccc3)C2)c1. The summed E-state index contributed by atoms with van der Waals surface area (Å²) in [6.07, 6.45) is 2.75. The molecule has 1 heterocycles. The van der Waals surface area contributed by atoms with E-state index in [1.807, 2.05) is 56.3 Å². The van der Waals surface area contributed by atoms with Gasteiger partial charge >= 0.3 is 0 Å². The number of sulfonamides is 1. The van der Waals surface area contributed by atoms with Gasteiger partial charge in [0, 0.05) is 18.8 Å². The molecule has 1 fully saturated rings. The molecule has 29 heavy (non-hydrogen) atoms. The highest BCUT2D eigenvalue weighted by Crippen LogP contribution is 2.22. The van der Waals surface area contributed by atoms with Gasteiger partial charge in [-0.25, -0.2) is 12.7 Å². The number of carbonyl (C=O) groups is 1. The van der Waals surface area contributed by atoms with Gasteiger partial charge in [-0.2, -0.15) is 0 Å². The van der Waals surface area contributed by atoms with Crippen LogP contribution >= 0.6 is 0 Å². The molecule has 3 rings (SSSR count). The van der Waals surface area contributed by atoms with Gasteiger partial charge in [-0.05, 0) is 68.4 Å². The van der Waals surface area contributed by atoms with E-state index in [1.54, 1.807) is 0 Å². The van der Waals surface area contributed by atoms with Crippen molar-refractivity contribution in [3.8, 4) is 0 Å². The van der Waals surface area contributed by atoms with Crippen LogP contribution in [-0.2, 0) is 21.2 Å². The summed E-state index contributed by atoms with van der Waals surface area (Å²) in [4.78, 5) is 12.7. The predicted octanol–water partition coefficient (Wildman–Crippen LogP) is 3.92. The highest BCUT2D eigenvalue weighted by molar-refractivity contribution is 7.89. The molecule has 0 spiro atoms. The van der Waals surface area contributed by atoms with Gasteiger partial charge in [0.1, 0.15) is 0 Å². The van der Waals surface area contributed by atoms with Gasteiger partial charge in [-0.3, -0.25) is 4.79 Å². The molecular formula is C23H30N2O3S. The van der Waals surface area contributed by atoms with Gasteiger partial charge in [0.15, 0.2) is 0 Å². The van der Waals surface area contributed by atoms with E-state index in [9.17, 15) is 13.2 Å². The van der Waals surface area contributed by atoms with Crippen molar-refractivity contribution in [3.63, 3.8) is 0 Å². The maximum Gasteiger partial charge on any atom is 0.228 e. The average Bonchev–Trinajstić information content (AvgIpc) is 2.68. The number of amides is 1. The van der Waals surface area contributed by atoms with Crippen molar-refractivity contribution in [3.05, 3.63) is 65.2 Å². The number of benzene rings is 2. The van der Waals surface area contributed by atoms with Crippen molar-refractivity contribution < 1.29 is 13.2 Å². The summed E-state index contributed by atoms with van der Waals surface area (Å²) in [5.41, 5.74) is 4.10. The lowest BCUT2D eigenvalue weighted by atomic mass is 9.98. The standard InChI is InChI=1S/C23H30N2O3S/c1-18-14-19(2)16-22(15-18)24-23(26)21-11-6-12-25(17-21)29(27,28)13-7-10-20-8-4-3-5-9-20/h3-5,8-9,14-16,21H,6-7,10-13,17H2,1-2H3,(H,24,26). The first-order valence-electron chi connectivity index (χ1n) is 10.2. The van der Waals surface area contributed by atoms with E-state index in [-0.39, 0.29) is 24.1 Å². The fourth-order valence-corrected chi connectivity index (χ4v) is 5.51. The van der Waals surface area contributed by atoms with Crippen LogP contribution in [0.25, 0.3) is 0 Å². The lowest BCUT2D eigenvalue weighted by Crippen LogP contribution is -2.44. The maximum atomic E-state index is 12.8. The Morgan fingerprint density at radius 2 is 1.79 bits per heavy atom. The molecule has 1 amide bonds. The molecular weight excluding hydrogens is 384 g/mol. The molecule has 0 saturated carbocycles. The summed E-state index contributed by atoms with van der Waals surface area (Å²) < 4.78 is 27.1. The van der Waals surface area contributed by atoms with Crippen molar-refractivity contribution in [1.29, 1.82) is 0 Å². The number of aryl methyl sites for hydroxylation is 3. The number of hydrogen-bond acceptors (Lipinski definition) is 3. The molecule has 1 N–H and O–H groups in total. The second-order valence-corrected chi connectivity index (χ2v) is 10.1. The monoisotopic (exact) mass is 414 g/mol. The van der Waals surface area contributed by atoms with Crippen LogP contribution in [0.1, 0.15) is 36.0 Å². The van der Waals surface area contributed by atoms with Crippen molar-refractivity contribution in [2.45, 2.75) is 39.5 Å². The van der Waals surface area contributed by atoms with Crippen LogP contribution in [0.5, 0.6) is 0 Å². The zero-order chi connectivity index (χ0) is 20.9. The molecule has 0 radical (unpaired) electrons. The molecule has 1 unspecified atom stereocenters. The Hall–Kier alpha value is -2.18. The van der Waals surface area contributed by atoms with Gasteiger partial charge in [-0.15, -0.1) is 0 Å². The average molecular weight is 415 g/mol. The van der Waals surface area contributed by atoms with Crippen molar-refractivity contribution in [1.82, 2.24) is 4.31 Å². The molecule has 0 bridgehead atoms. The number of rotatable bonds is 7. The molecule has 2 aromatic rings. The topological polar surface area (TPSA) is 66.5 Å². The number of anilines is 1. The van der Waals surface area contributed by atoms with Gasteiger partial charge in [0.05, 0.1) is 11.7 Å². The predicted molar refractivity (Wildman–Crippen MR) is 117 cm³/mol. The number of piperidine rings is 1. The fraction of sp³-hybridized carbons (Fsp3) is 0.435. The quantitative estimate of drug-likeness (QED) is 0.747. The molecule has 5 nitrogen and oxygen atoms in total. The van der Waals surface area contributed by atoms with Crippen LogP contribution in [-0.4, -0.2) is 37.5 Å².